The first-order valence-electron chi connectivity index (χ1n) is 36.8. The van der Waals surface area contributed by atoms with Crippen LogP contribution in [0.1, 0.15) is 290 Å². The van der Waals surface area contributed by atoms with Gasteiger partial charge in [0.25, 0.3) is 0 Å². The summed E-state index contributed by atoms with van der Waals surface area (Å²) in [6.45, 7) is 2.45. The number of unbranched alkanes of at least 4 members (excludes halogenated alkanes) is 26. The van der Waals surface area contributed by atoms with E-state index in [0.717, 1.165) is 109 Å². The Labute approximate surface area is 576 Å². The lowest BCUT2D eigenvalue weighted by molar-refractivity contribution is -0.161. The highest BCUT2D eigenvalue weighted by molar-refractivity contribution is 7.47. The van der Waals surface area contributed by atoms with Gasteiger partial charge in [0, 0.05) is 19.3 Å². The Kier molecular flexibility index (Phi) is 66.9. The minimum atomic E-state index is -4.94. The molecule has 0 saturated heterocycles. The fourth-order valence-electron chi connectivity index (χ4n) is 9.58. The molecule has 0 aliphatic heterocycles. The average molecular weight is 1380 g/mol. The molecule has 16 nitrogen and oxygen atoms in total. The molecule has 18 heteroatoms. The molecule has 0 rings (SSSR count). The number of ether oxygens (including phenoxy) is 3. The summed E-state index contributed by atoms with van der Waals surface area (Å²) in [5.41, 5.74) is 0. The van der Waals surface area contributed by atoms with Crippen LogP contribution in [0.15, 0.2) is 122 Å². The molecule has 0 aliphatic carbocycles. The van der Waals surface area contributed by atoms with Crippen molar-refractivity contribution in [2.24, 2.45) is 0 Å². The molecule has 0 amide bonds. The van der Waals surface area contributed by atoms with E-state index in [-0.39, 0.29) is 19.3 Å². The number of phosphoric acid groups is 2. The Bertz CT molecular complexity index is 2210. The van der Waals surface area contributed by atoms with Gasteiger partial charge < -0.3 is 34.2 Å². The first-order valence-corrected chi connectivity index (χ1v) is 39.8. The molecule has 0 aliphatic rings. The molecule has 0 radical (unpaired) electrons. The summed E-state index contributed by atoms with van der Waals surface area (Å²) in [6, 6.07) is 0. The number of phosphoric ester groups is 2. The number of rotatable bonds is 69. The lowest BCUT2D eigenvalue weighted by atomic mass is 10.0. The van der Waals surface area contributed by atoms with Crippen LogP contribution in [0, 0.1) is 0 Å². The molecular formula is C77H132O16P2. The van der Waals surface area contributed by atoms with Crippen LogP contribution in [0.5, 0.6) is 0 Å². The smallest absolute Gasteiger partial charge is 0.463 e. The van der Waals surface area contributed by atoms with Gasteiger partial charge in [0.05, 0.1) is 26.4 Å². The van der Waals surface area contributed by atoms with Crippen molar-refractivity contribution in [3.8, 4) is 0 Å². The van der Waals surface area contributed by atoms with Crippen molar-refractivity contribution in [2.75, 3.05) is 39.6 Å². The summed E-state index contributed by atoms with van der Waals surface area (Å²) in [5.74, 6) is -1.67. The normalized spacial score (nSPS) is 14.8. The number of esters is 3. The molecule has 0 heterocycles. The van der Waals surface area contributed by atoms with Gasteiger partial charge in [-0.15, -0.1) is 0 Å². The fourth-order valence-corrected chi connectivity index (χ4v) is 11.2. The van der Waals surface area contributed by atoms with E-state index in [9.17, 15) is 43.5 Å². The third kappa shape index (κ3) is 71.1. The maximum atomic E-state index is 12.9. The molecule has 4 N–H and O–H groups in total. The third-order valence-electron chi connectivity index (χ3n) is 15.2. The van der Waals surface area contributed by atoms with Gasteiger partial charge in [-0.2, -0.15) is 0 Å². The zero-order chi connectivity index (χ0) is 69.5. The van der Waals surface area contributed by atoms with Crippen LogP contribution in [0.4, 0.5) is 0 Å². The highest BCUT2D eigenvalue weighted by Gasteiger charge is 2.29. The summed E-state index contributed by atoms with van der Waals surface area (Å²) in [5, 5.41) is 20.6. The number of allylic oxidation sites excluding steroid dienone is 20. The average Bonchev–Trinajstić information content (AvgIpc) is 2.13. The third-order valence-corrected chi connectivity index (χ3v) is 17.1. The van der Waals surface area contributed by atoms with Crippen molar-refractivity contribution in [2.45, 2.75) is 309 Å². The molecule has 95 heavy (non-hydrogen) atoms. The second kappa shape index (κ2) is 69.8. The Hall–Kier alpha value is -4.05. The van der Waals surface area contributed by atoms with E-state index in [4.69, 9.17) is 32.3 Å². The summed E-state index contributed by atoms with van der Waals surface area (Å²) in [7, 11) is -9.80. The first-order chi connectivity index (χ1) is 46.2. The van der Waals surface area contributed by atoms with Gasteiger partial charge in [-0.3, -0.25) is 32.5 Å². The second-order valence-electron chi connectivity index (χ2n) is 24.4. The molecule has 5 atom stereocenters. The summed E-state index contributed by atoms with van der Waals surface area (Å²) in [4.78, 5) is 58.5. The van der Waals surface area contributed by atoms with Crippen molar-refractivity contribution in [1.82, 2.24) is 0 Å². The van der Waals surface area contributed by atoms with Crippen molar-refractivity contribution in [3.63, 3.8) is 0 Å². The Balaban J connectivity index is 4.65. The van der Waals surface area contributed by atoms with Crippen molar-refractivity contribution in [3.05, 3.63) is 122 Å². The molecule has 5 unspecified atom stereocenters. The minimum absolute atomic E-state index is 0.0446. The lowest BCUT2D eigenvalue weighted by Gasteiger charge is -2.21. The van der Waals surface area contributed by atoms with Crippen molar-refractivity contribution < 1.29 is 75.8 Å². The largest absolute Gasteiger partial charge is 0.472 e. The summed E-state index contributed by atoms with van der Waals surface area (Å²) < 4.78 is 60.9. The Morgan fingerprint density at radius 2 is 0.579 bits per heavy atom. The van der Waals surface area contributed by atoms with E-state index in [1.807, 2.05) is 18.2 Å². The van der Waals surface area contributed by atoms with Crippen molar-refractivity contribution in [1.29, 1.82) is 0 Å². The van der Waals surface area contributed by atoms with Gasteiger partial charge in [0.2, 0.25) is 0 Å². The zero-order valence-electron chi connectivity index (χ0n) is 59.3. The molecule has 546 valence electrons. The summed E-state index contributed by atoms with van der Waals surface area (Å²) in [6.07, 6.45) is 81.2. The van der Waals surface area contributed by atoms with Gasteiger partial charge in [0.15, 0.2) is 6.10 Å². The van der Waals surface area contributed by atoms with Crippen LogP contribution in [-0.4, -0.2) is 95.9 Å². The van der Waals surface area contributed by atoms with Crippen LogP contribution in [-0.2, 0) is 55.8 Å². The number of carbonyl (C=O) groups is 3. The predicted molar refractivity (Wildman–Crippen MR) is 390 cm³/mol. The van der Waals surface area contributed by atoms with Crippen LogP contribution in [0.2, 0.25) is 0 Å². The van der Waals surface area contributed by atoms with Gasteiger partial charge in [-0.05, 0) is 103 Å². The number of aliphatic hydroxyl groups is 2. The lowest BCUT2D eigenvalue weighted by Crippen LogP contribution is -2.30. The van der Waals surface area contributed by atoms with Crippen LogP contribution < -0.4 is 0 Å². The molecule has 0 aromatic rings. The van der Waals surface area contributed by atoms with E-state index in [0.29, 0.717) is 25.7 Å². The summed E-state index contributed by atoms with van der Waals surface area (Å²) >= 11 is 0. The van der Waals surface area contributed by atoms with Crippen molar-refractivity contribution >= 4 is 33.6 Å². The van der Waals surface area contributed by atoms with E-state index < -0.39 is 91.5 Å². The SMILES string of the molecule is CC/C=C\C/C=C\C/C=C\C/C=C\C/C=C\C/C=C\CCC(=O)OCC(COP(=O)(O)OCC(O)COP(=O)(O)OCC(O)COC(=O)CCCCCCCCCCC/C=C\C/C=C\C/C=C\C/C=C\CCCCC)OC(=O)CCCCCCCCCCCCCCCCC. The highest BCUT2D eigenvalue weighted by atomic mass is 31.2. The van der Waals surface area contributed by atoms with Gasteiger partial charge in [-0.1, -0.05) is 290 Å². The maximum absolute atomic E-state index is 12.9. The standard InChI is InChI=1S/C77H132O16P2/c1-4-7-10-13-16-19-22-25-28-30-32-33-34-35-36-37-39-41-43-45-48-51-54-57-60-63-75(80)87-66-72(78)67-89-94(83,84)90-68-73(79)69-91-95(85,86)92-71-74(93-77(82)65-62-59-56-53-50-47-42-27-24-21-18-15-12-9-6-3)70-88-76(81)64-61-58-55-52-49-46-44-40-38-31-29-26-23-20-17-14-11-8-5-2/h8,11,16-17,19-20,25-26,28-29,32-33,35-36,38,40,46,49,55,58,72-74,78-79H,4-7,9-10,12-15,18,21-24,27,30-31,34,37,39,41-45,47-48,50-54,56-57,59-71H2,1-3H3,(H,83,84)(H,85,86)/b11-8-,19-16-,20-17-,28-25-,29-26-,33-32-,36-35-,40-38-,49-46-,58-55-. The monoisotopic (exact) mass is 1370 g/mol. The van der Waals surface area contributed by atoms with Gasteiger partial charge in [0.1, 0.15) is 25.4 Å². The quantitative estimate of drug-likeness (QED) is 0.0146. The highest BCUT2D eigenvalue weighted by Crippen LogP contribution is 2.45. The molecular weight excluding hydrogens is 1240 g/mol. The van der Waals surface area contributed by atoms with E-state index in [1.165, 1.54) is 116 Å². The zero-order valence-corrected chi connectivity index (χ0v) is 61.1. The van der Waals surface area contributed by atoms with E-state index >= 15 is 0 Å². The fraction of sp³-hybridized carbons (Fsp3) is 0.701. The number of carbonyl (C=O) groups excluding carboxylic acids is 3. The minimum Gasteiger partial charge on any atom is -0.463 e. The number of hydrogen-bond acceptors (Lipinski definition) is 14. The number of aliphatic hydroxyl groups excluding tert-OH is 2. The predicted octanol–water partition coefficient (Wildman–Crippen LogP) is 21.0. The number of hydrogen-bond donors (Lipinski definition) is 4. The first kappa shape index (κ1) is 91.0. The molecule has 0 saturated carbocycles. The van der Waals surface area contributed by atoms with E-state index in [2.05, 4.69) is 124 Å². The van der Waals surface area contributed by atoms with E-state index in [1.54, 1.807) is 0 Å². The molecule has 0 aromatic carbocycles. The Morgan fingerprint density at radius 3 is 0.968 bits per heavy atom. The molecule has 0 aromatic heterocycles. The van der Waals surface area contributed by atoms with Crippen LogP contribution in [0.25, 0.3) is 0 Å². The van der Waals surface area contributed by atoms with Gasteiger partial charge in [-0.25, -0.2) is 9.13 Å². The van der Waals surface area contributed by atoms with Crippen LogP contribution in [0.3, 0.4) is 0 Å². The second-order valence-corrected chi connectivity index (χ2v) is 27.3. The topological polar surface area (TPSA) is 231 Å². The molecule has 0 fully saturated rings. The molecule has 0 spiro atoms. The van der Waals surface area contributed by atoms with Crippen LogP contribution >= 0.6 is 15.6 Å². The van der Waals surface area contributed by atoms with Gasteiger partial charge >= 0.3 is 33.6 Å². The Morgan fingerprint density at radius 1 is 0.305 bits per heavy atom. The molecule has 0 bridgehead atoms. The maximum Gasteiger partial charge on any atom is 0.472 e.